The molecule has 5 nitrogen and oxygen atoms in total. The third kappa shape index (κ3) is 4.48. The fourth-order valence-corrected chi connectivity index (χ4v) is 2.47. The molecule has 0 bridgehead atoms. The van der Waals surface area contributed by atoms with Gasteiger partial charge in [-0.2, -0.15) is 0 Å². The van der Waals surface area contributed by atoms with Gasteiger partial charge in [0.15, 0.2) is 0 Å². The van der Waals surface area contributed by atoms with Gasteiger partial charge in [0, 0.05) is 19.5 Å². The van der Waals surface area contributed by atoms with Crippen molar-refractivity contribution < 1.29 is 14.3 Å². The molecule has 1 heterocycles. The third-order valence-corrected chi connectivity index (χ3v) is 3.49. The van der Waals surface area contributed by atoms with Crippen LogP contribution in [0, 0.1) is 0 Å². The van der Waals surface area contributed by atoms with Crippen molar-refractivity contribution in [1.29, 1.82) is 0 Å². The van der Waals surface area contributed by atoms with Gasteiger partial charge in [0.05, 0.1) is 24.4 Å². The highest BCUT2D eigenvalue weighted by Crippen LogP contribution is 2.28. The average molecular weight is 290 g/mol. The molecule has 0 aliphatic carbocycles. The molecule has 0 spiro atoms. The lowest BCUT2D eigenvalue weighted by atomic mass is 10.2. The van der Waals surface area contributed by atoms with Gasteiger partial charge in [0.2, 0.25) is 5.91 Å². The van der Waals surface area contributed by atoms with Crippen molar-refractivity contribution in [2.75, 3.05) is 29.9 Å². The fourth-order valence-electron chi connectivity index (χ4n) is 2.47. The van der Waals surface area contributed by atoms with Gasteiger partial charge < -0.3 is 15.0 Å². The molecule has 5 heteroatoms. The molecule has 1 aliphatic heterocycles. The lowest BCUT2D eigenvalue weighted by molar-refractivity contribution is -0.144. The van der Waals surface area contributed by atoms with Crippen LogP contribution in [-0.4, -0.2) is 31.6 Å². The lowest BCUT2D eigenvalue weighted by Gasteiger charge is -2.21. The Balaban J connectivity index is 1.93. The van der Waals surface area contributed by atoms with Crippen molar-refractivity contribution in [1.82, 2.24) is 0 Å². The molecule has 0 aromatic heterocycles. The third-order valence-electron chi connectivity index (χ3n) is 3.49. The van der Waals surface area contributed by atoms with Crippen LogP contribution in [0.15, 0.2) is 24.3 Å². The van der Waals surface area contributed by atoms with E-state index in [4.69, 9.17) is 4.74 Å². The first-order chi connectivity index (χ1) is 10.2. The maximum absolute atomic E-state index is 12.0. The average Bonchev–Trinajstić information content (AvgIpc) is 3.00. The highest BCUT2D eigenvalue weighted by Gasteiger charge is 2.16. The van der Waals surface area contributed by atoms with E-state index in [1.54, 1.807) is 6.92 Å². The summed E-state index contributed by atoms with van der Waals surface area (Å²) in [6.07, 6.45) is 2.63. The van der Waals surface area contributed by atoms with Crippen LogP contribution in [0.5, 0.6) is 0 Å². The summed E-state index contributed by atoms with van der Waals surface area (Å²) in [5.74, 6) is -0.491. The van der Waals surface area contributed by atoms with Crippen molar-refractivity contribution in [3.63, 3.8) is 0 Å². The highest BCUT2D eigenvalue weighted by atomic mass is 16.5. The largest absolute Gasteiger partial charge is 0.466 e. The van der Waals surface area contributed by atoms with Crippen molar-refractivity contribution in [3.8, 4) is 0 Å². The zero-order chi connectivity index (χ0) is 15.1. The SMILES string of the molecule is CCOC(=O)CCC(=O)Nc1ccccc1N1CCCC1. The molecule has 1 N–H and O–H groups in total. The Labute approximate surface area is 125 Å². The number of carbonyl (C=O) groups excluding carboxylic acids is 2. The Bertz CT molecular complexity index is 496. The molecule has 1 aromatic rings. The van der Waals surface area contributed by atoms with Gasteiger partial charge in [-0.25, -0.2) is 0 Å². The van der Waals surface area contributed by atoms with Crippen LogP contribution in [0.2, 0.25) is 0 Å². The molecule has 0 radical (unpaired) electrons. The maximum atomic E-state index is 12.0. The van der Waals surface area contributed by atoms with Crippen LogP contribution in [0.3, 0.4) is 0 Å². The fraction of sp³-hybridized carbons (Fsp3) is 0.500. The van der Waals surface area contributed by atoms with E-state index >= 15 is 0 Å². The lowest BCUT2D eigenvalue weighted by Crippen LogP contribution is -2.21. The number of hydrogen-bond donors (Lipinski definition) is 1. The predicted octanol–water partition coefficient (Wildman–Crippen LogP) is 2.57. The molecule has 2 rings (SSSR count). The van der Waals surface area contributed by atoms with Crippen LogP contribution < -0.4 is 10.2 Å². The quantitative estimate of drug-likeness (QED) is 0.818. The van der Waals surface area contributed by atoms with Gasteiger partial charge in [-0.05, 0) is 31.9 Å². The highest BCUT2D eigenvalue weighted by molar-refractivity contribution is 5.95. The Hall–Kier alpha value is -2.04. The van der Waals surface area contributed by atoms with Gasteiger partial charge in [0.1, 0.15) is 0 Å². The summed E-state index contributed by atoms with van der Waals surface area (Å²) in [5.41, 5.74) is 1.87. The topological polar surface area (TPSA) is 58.6 Å². The van der Waals surface area contributed by atoms with Crippen LogP contribution in [0.25, 0.3) is 0 Å². The second-order valence-corrected chi connectivity index (χ2v) is 5.06. The summed E-state index contributed by atoms with van der Waals surface area (Å²) in [6.45, 7) is 4.15. The minimum absolute atomic E-state index is 0.117. The summed E-state index contributed by atoms with van der Waals surface area (Å²) in [5, 5.41) is 2.90. The van der Waals surface area contributed by atoms with Crippen LogP contribution in [-0.2, 0) is 14.3 Å². The Morgan fingerprint density at radius 1 is 1.19 bits per heavy atom. The summed E-state index contributed by atoms with van der Waals surface area (Å²) < 4.78 is 4.82. The van der Waals surface area contributed by atoms with E-state index in [1.807, 2.05) is 24.3 Å². The van der Waals surface area contributed by atoms with Gasteiger partial charge in [0.25, 0.3) is 0 Å². The second-order valence-electron chi connectivity index (χ2n) is 5.06. The summed E-state index contributed by atoms with van der Waals surface area (Å²) in [7, 11) is 0. The minimum atomic E-state index is -0.333. The number of rotatable bonds is 6. The summed E-state index contributed by atoms with van der Waals surface area (Å²) in [6, 6.07) is 7.80. The number of nitrogens with zero attached hydrogens (tertiary/aromatic N) is 1. The monoisotopic (exact) mass is 290 g/mol. The van der Waals surface area contributed by atoms with Crippen molar-refractivity contribution in [2.24, 2.45) is 0 Å². The molecule has 1 amide bonds. The van der Waals surface area contributed by atoms with Crippen LogP contribution in [0.4, 0.5) is 11.4 Å². The maximum Gasteiger partial charge on any atom is 0.306 e. The molecule has 1 fully saturated rings. The van der Waals surface area contributed by atoms with Gasteiger partial charge in [-0.15, -0.1) is 0 Å². The van der Waals surface area contributed by atoms with E-state index in [2.05, 4.69) is 10.2 Å². The van der Waals surface area contributed by atoms with Gasteiger partial charge in [-0.3, -0.25) is 9.59 Å². The molecular weight excluding hydrogens is 268 g/mol. The standard InChI is InChI=1S/C16H22N2O3/c1-2-21-16(20)10-9-15(19)17-13-7-3-4-8-14(13)18-11-5-6-12-18/h3-4,7-8H,2,5-6,9-12H2,1H3,(H,17,19). The summed E-state index contributed by atoms with van der Waals surface area (Å²) in [4.78, 5) is 25.5. The van der Waals surface area contributed by atoms with E-state index in [1.165, 1.54) is 12.8 Å². The number of ether oxygens (including phenoxy) is 1. The van der Waals surface area contributed by atoms with E-state index in [9.17, 15) is 9.59 Å². The molecule has 21 heavy (non-hydrogen) atoms. The Kier molecular flexibility index (Phi) is 5.60. The Morgan fingerprint density at radius 3 is 2.62 bits per heavy atom. The normalized spacial score (nSPS) is 14.0. The van der Waals surface area contributed by atoms with E-state index in [0.717, 1.165) is 24.5 Å². The molecule has 1 aliphatic rings. The first kappa shape index (κ1) is 15.4. The first-order valence-electron chi connectivity index (χ1n) is 7.50. The number of benzene rings is 1. The zero-order valence-corrected chi connectivity index (χ0v) is 12.4. The molecular formula is C16H22N2O3. The minimum Gasteiger partial charge on any atom is -0.466 e. The molecule has 0 saturated carbocycles. The van der Waals surface area contributed by atoms with Gasteiger partial charge in [-0.1, -0.05) is 12.1 Å². The first-order valence-corrected chi connectivity index (χ1v) is 7.50. The van der Waals surface area contributed by atoms with E-state index in [-0.39, 0.29) is 24.7 Å². The summed E-state index contributed by atoms with van der Waals surface area (Å²) >= 11 is 0. The number of esters is 1. The van der Waals surface area contributed by atoms with Gasteiger partial charge >= 0.3 is 5.97 Å². The van der Waals surface area contributed by atoms with Crippen molar-refractivity contribution >= 4 is 23.3 Å². The molecule has 1 aromatic carbocycles. The molecule has 114 valence electrons. The number of carbonyl (C=O) groups is 2. The van der Waals surface area contributed by atoms with Crippen LogP contribution >= 0.6 is 0 Å². The van der Waals surface area contributed by atoms with Crippen molar-refractivity contribution in [3.05, 3.63) is 24.3 Å². The van der Waals surface area contributed by atoms with Crippen LogP contribution in [0.1, 0.15) is 32.6 Å². The number of amides is 1. The predicted molar refractivity (Wildman–Crippen MR) is 82.4 cm³/mol. The second kappa shape index (κ2) is 7.67. The smallest absolute Gasteiger partial charge is 0.306 e. The number of anilines is 2. The molecule has 1 saturated heterocycles. The zero-order valence-electron chi connectivity index (χ0n) is 12.4. The molecule has 0 atom stereocenters. The Morgan fingerprint density at radius 2 is 1.90 bits per heavy atom. The number of para-hydroxylation sites is 2. The van der Waals surface area contributed by atoms with Crippen molar-refractivity contribution in [2.45, 2.75) is 32.6 Å². The number of hydrogen-bond acceptors (Lipinski definition) is 4. The molecule has 0 unspecified atom stereocenters. The van der Waals surface area contributed by atoms with E-state index < -0.39 is 0 Å². The van der Waals surface area contributed by atoms with E-state index in [0.29, 0.717) is 6.61 Å². The number of nitrogens with one attached hydrogen (secondary N) is 1.